The summed E-state index contributed by atoms with van der Waals surface area (Å²) in [5.74, 6) is -1.65. The molecule has 1 N–H and O–H groups in total. The third kappa shape index (κ3) is 3.00. The highest BCUT2D eigenvalue weighted by Crippen LogP contribution is 2.31. The van der Waals surface area contributed by atoms with Crippen LogP contribution >= 0.6 is 0 Å². The molecule has 1 rings (SSSR count). The van der Waals surface area contributed by atoms with Crippen LogP contribution in [-0.2, 0) is 9.53 Å². The zero-order chi connectivity index (χ0) is 13.9. The molecule has 1 aromatic carbocycles. The zero-order valence-electron chi connectivity index (χ0n) is 10.8. The number of benzene rings is 1. The SMILES string of the molecule is COC(=O)c1cccc(OC(=O)C(C)(C)C)c1O. The van der Waals surface area contributed by atoms with Crippen molar-refractivity contribution in [2.24, 2.45) is 5.41 Å². The van der Waals surface area contributed by atoms with Gasteiger partial charge in [0.25, 0.3) is 0 Å². The number of ether oxygens (including phenoxy) is 2. The molecule has 0 spiro atoms. The van der Waals surface area contributed by atoms with Crippen LogP contribution in [0.3, 0.4) is 0 Å². The van der Waals surface area contributed by atoms with E-state index in [1.165, 1.54) is 25.3 Å². The molecule has 0 aliphatic heterocycles. The van der Waals surface area contributed by atoms with E-state index < -0.39 is 23.1 Å². The lowest BCUT2D eigenvalue weighted by Gasteiger charge is -2.17. The Morgan fingerprint density at radius 1 is 1.22 bits per heavy atom. The van der Waals surface area contributed by atoms with Gasteiger partial charge in [-0.2, -0.15) is 0 Å². The largest absolute Gasteiger partial charge is 0.504 e. The van der Waals surface area contributed by atoms with Crippen LogP contribution < -0.4 is 4.74 Å². The van der Waals surface area contributed by atoms with Crippen molar-refractivity contribution < 1.29 is 24.2 Å². The highest BCUT2D eigenvalue weighted by molar-refractivity contribution is 5.93. The van der Waals surface area contributed by atoms with E-state index in [1.807, 2.05) is 0 Å². The van der Waals surface area contributed by atoms with Gasteiger partial charge in [-0.25, -0.2) is 4.79 Å². The summed E-state index contributed by atoms with van der Waals surface area (Å²) in [4.78, 5) is 23.0. The van der Waals surface area contributed by atoms with Gasteiger partial charge in [0, 0.05) is 0 Å². The number of esters is 2. The van der Waals surface area contributed by atoms with Crippen LogP contribution in [0.5, 0.6) is 11.5 Å². The predicted molar refractivity (Wildman–Crippen MR) is 64.5 cm³/mol. The van der Waals surface area contributed by atoms with Crippen molar-refractivity contribution in [1.82, 2.24) is 0 Å². The fourth-order valence-corrected chi connectivity index (χ4v) is 1.13. The topological polar surface area (TPSA) is 72.8 Å². The molecule has 0 saturated heterocycles. The first-order chi connectivity index (χ1) is 8.27. The zero-order valence-corrected chi connectivity index (χ0v) is 10.8. The summed E-state index contributed by atoms with van der Waals surface area (Å²) in [6.07, 6.45) is 0. The van der Waals surface area contributed by atoms with E-state index in [2.05, 4.69) is 4.74 Å². The van der Waals surface area contributed by atoms with E-state index in [0.29, 0.717) is 0 Å². The number of phenols is 1. The second-order valence-corrected chi connectivity index (χ2v) is 4.78. The number of phenolic OH excluding ortho intramolecular Hbond substituents is 1. The molecule has 98 valence electrons. The molecule has 0 aliphatic rings. The Hall–Kier alpha value is -2.04. The molecule has 5 heteroatoms. The lowest BCUT2D eigenvalue weighted by Crippen LogP contribution is -2.25. The third-order valence-corrected chi connectivity index (χ3v) is 2.22. The van der Waals surface area contributed by atoms with Crippen LogP contribution in [0.4, 0.5) is 0 Å². The molecule has 0 radical (unpaired) electrons. The first-order valence-corrected chi connectivity index (χ1v) is 5.40. The molecular formula is C13H16O5. The van der Waals surface area contributed by atoms with Crippen LogP contribution in [-0.4, -0.2) is 24.2 Å². The lowest BCUT2D eigenvalue weighted by molar-refractivity contribution is -0.143. The molecule has 0 fully saturated rings. The monoisotopic (exact) mass is 252 g/mol. The van der Waals surface area contributed by atoms with Gasteiger partial charge in [-0.1, -0.05) is 6.07 Å². The van der Waals surface area contributed by atoms with Gasteiger partial charge in [-0.05, 0) is 32.9 Å². The van der Waals surface area contributed by atoms with Gasteiger partial charge in [0.2, 0.25) is 0 Å². The molecule has 0 saturated carbocycles. The van der Waals surface area contributed by atoms with Gasteiger partial charge in [0.15, 0.2) is 11.5 Å². The quantitative estimate of drug-likeness (QED) is 0.644. The van der Waals surface area contributed by atoms with Crippen molar-refractivity contribution in [1.29, 1.82) is 0 Å². The summed E-state index contributed by atoms with van der Waals surface area (Å²) in [6, 6.07) is 4.29. The minimum atomic E-state index is -0.701. The fraction of sp³-hybridized carbons (Fsp3) is 0.385. The Morgan fingerprint density at radius 3 is 2.33 bits per heavy atom. The molecule has 0 heterocycles. The summed E-state index contributed by atoms with van der Waals surface area (Å²) < 4.78 is 9.55. The second-order valence-electron chi connectivity index (χ2n) is 4.78. The maximum Gasteiger partial charge on any atom is 0.341 e. The number of para-hydroxylation sites is 1. The van der Waals surface area contributed by atoms with Gasteiger partial charge in [-0.3, -0.25) is 4.79 Å². The standard InChI is InChI=1S/C13H16O5/c1-13(2,3)12(16)18-9-7-5-6-8(10(9)14)11(15)17-4/h5-7,14H,1-4H3. The van der Waals surface area contributed by atoms with Crippen molar-refractivity contribution in [2.75, 3.05) is 7.11 Å². The summed E-state index contributed by atoms with van der Waals surface area (Å²) >= 11 is 0. The average molecular weight is 252 g/mol. The van der Waals surface area contributed by atoms with E-state index in [4.69, 9.17) is 4.74 Å². The molecule has 0 unspecified atom stereocenters. The van der Waals surface area contributed by atoms with Crippen molar-refractivity contribution in [2.45, 2.75) is 20.8 Å². The number of aromatic hydroxyl groups is 1. The van der Waals surface area contributed by atoms with E-state index in [1.54, 1.807) is 20.8 Å². The highest BCUT2D eigenvalue weighted by atomic mass is 16.5. The van der Waals surface area contributed by atoms with E-state index in [9.17, 15) is 14.7 Å². The highest BCUT2D eigenvalue weighted by Gasteiger charge is 2.25. The van der Waals surface area contributed by atoms with Crippen LogP contribution in [0.1, 0.15) is 31.1 Å². The van der Waals surface area contributed by atoms with Gasteiger partial charge < -0.3 is 14.6 Å². The normalized spacial score (nSPS) is 10.9. The molecule has 1 aromatic rings. The third-order valence-electron chi connectivity index (χ3n) is 2.22. The molecule has 18 heavy (non-hydrogen) atoms. The Labute approximate surface area is 105 Å². The van der Waals surface area contributed by atoms with Crippen molar-refractivity contribution >= 4 is 11.9 Å². The maximum absolute atomic E-state index is 11.7. The van der Waals surface area contributed by atoms with Crippen LogP contribution in [0.25, 0.3) is 0 Å². The molecule has 0 aliphatic carbocycles. The Balaban J connectivity index is 3.05. The molecule has 0 bridgehead atoms. The predicted octanol–water partition coefficient (Wildman–Crippen LogP) is 2.13. The molecule has 0 aromatic heterocycles. The number of hydrogen-bond acceptors (Lipinski definition) is 5. The Bertz CT molecular complexity index is 471. The first kappa shape index (κ1) is 14.0. The number of hydrogen-bond donors (Lipinski definition) is 1. The minimum Gasteiger partial charge on any atom is -0.504 e. The maximum atomic E-state index is 11.7. The lowest BCUT2D eigenvalue weighted by atomic mass is 9.97. The first-order valence-electron chi connectivity index (χ1n) is 5.40. The molecule has 0 atom stereocenters. The smallest absolute Gasteiger partial charge is 0.341 e. The van der Waals surface area contributed by atoms with Crippen molar-refractivity contribution in [3.05, 3.63) is 23.8 Å². The summed E-state index contributed by atoms with van der Waals surface area (Å²) in [6.45, 7) is 5.07. The van der Waals surface area contributed by atoms with Gasteiger partial charge in [0.05, 0.1) is 12.5 Å². The van der Waals surface area contributed by atoms with E-state index in [-0.39, 0.29) is 11.3 Å². The van der Waals surface area contributed by atoms with Gasteiger partial charge in [-0.15, -0.1) is 0 Å². The average Bonchev–Trinajstić information content (AvgIpc) is 2.29. The number of carbonyl (C=O) groups is 2. The van der Waals surface area contributed by atoms with E-state index in [0.717, 1.165) is 0 Å². The minimum absolute atomic E-state index is 0.0447. The van der Waals surface area contributed by atoms with Crippen molar-refractivity contribution in [3.63, 3.8) is 0 Å². The fourth-order valence-electron chi connectivity index (χ4n) is 1.13. The number of rotatable bonds is 2. The van der Waals surface area contributed by atoms with Gasteiger partial charge >= 0.3 is 11.9 Å². The van der Waals surface area contributed by atoms with E-state index >= 15 is 0 Å². The molecular weight excluding hydrogens is 236 g/mol. The summed E-state index contributed by atoms with van der Waals surface area (Å²) in [5.41, 5.74) is -0.745. The number of carbonyl (C=O) groups excluding carboxylic acids is 2. The summed E-state index contributed by atoms with van der Waals surface area (Å²) in [7, 11) is 1.20. The van der Waals surface area contributed by atoms with Gasteiger partial charge in [0.1, 0.15) is 5.56 Å². The van der Waals surface area contributed by atoms with Crippen molar-refractivity contribution in [3.8, 4) is 11.5 Å². The molecule has 5 nitrogen and oxygen atoms in total. The van der Waals surface area contributed by atoms with Crippen LogP contribution in [0.15, 0.2) is 18.2 Å². The summed E-state index contributed by atoms with van der Waals surface area (Å²) in [5, 5.41) is 9.83. The second kappa shape index (κ2) is 5.08. The number of methoxy groups -OCH3 is 1. The Kier molecular flexibility index (Phi) is 3.96. The van der Waals surface area contributed by atoms with Crippen LogP contribution in [0, 0.1) is 5.41 Å². The Morgan fingerprint density at radius 2 is 1.83 bits per heavy atom. The molecule has 0 amide bonds. The van der Waals surface area contributed by atoms with Crippen LogP contribution in [0.2, 0.25) is 0 Å².